The number of thioether (sulfide) groups is 1. The van der Waals surface area contributed by atoms with Gasteiger partial charge in [0.05, 0.1) is 22.3 Å². The summed E-state index contributed by atoms with van der Waals surface area (Å²) in [5, 5.41) is 4.82. The molecule has 2 rings (SSSR count). The van der Waals surface area contributed by atoms with Crippen LogP contribution in [0.4, 0.5) is 24.5 Å². The number of aryl methyl sites for hydroxylation is 1. The molecule has 9 heteroatoms. The monoisotopic (exact) mass is 430 g/mol. The number of hydrogen-bond donors (Lipinski definition) is 2. The largest absolute Gasteiger partial charge is 0.418 e. The summed E-state index contributed by atoms with van der Waals surface area (Å²) in [6.45, 7) is 3.32. The number of benzene rings is 2. The first kappa shape index (κ1) is 22.1. The summed E-state index contributed by atoms with van der Waals surface area (Å²) in [5.74, 6) is -0.972. The van der Waals surface area contributed by atoms with Crippen molar-refractivity contribution >= 4 is 46.6 Å². The standard InChI is InChI=1S/C19H18ClF3N2O2S/c1-11-9-13(20)7-8-15(11)24-17(26)10-28-12(2)18(27)25-16-6-4-3-5-14(16)19(21,22)23/h3-9,12H,10H2,1-2H3,(H,24,26)(H,25,27). The Labute approximate surface area is 169 Å². The SMILES string of the molecule is Cc1cc(Cl)ccc1NC(=O)CSC(C)C(=O)Nc1ccccc1C(F)(F)F. The predicted octanol–water partition coefficient (Wildman–Crippen LogP) is 5.37. The van der Waals surface area contributed by atoms with Crippen LogP contribution in [0.25, 0.3) is 0 Å². The average Bonchev–Trinajstić information content (AvgIpc) is 2.61. The molecule has 4 nitrogen and oxygen atoms in total. The van der Waals surface area contributed by atoms with E-state index in [1.54, 1.807) is 25.1 Å². The minimum atomic E-state index is -4.57. The fourth-order valence-corrected chi connectivity index (χ4v) is 3.21. The van der Waals surface area contributed by atoms with Crippen molar-refractivity contribution in [1.82, 2.24) is 0 Å². The first-order valence-electron chi connectivity index (χ1n) is 8.22. The molecule has 0 bridgehead atoms. The molecule has 150 valence electrons. The Kier molecular flexibility index (Phi) is 7.37. The Balaban J connectivity index is 1.92. The summed E-state index contributed by atoms with van der Waals surface area (Å²) in [4.78, 5) is 24.3. The topological polar surface area (TPSA) is 58.2 Å². The molecule has 0 aliphatic heterocycles. The van der Waals surface area contributed by atoms with Crippen molar-refractivity contribution in [2.24, 2.45) is 0 Å². The highest BCUT2D eigenvalue weighted by molar-refractivity contribution is 8.01. The van der Waals surface area contributed by atoms with E-state index in [1.807, 2.05) is 0 Å². The van der Waals surface area contributed by atoms with Gasteiger partial charge in [0.25, 0.3) is 0 Å². The van der Waals surface area contributed by atoms with E-state index in [4.69, 9.17) is 11.6 Å². The molecule has 0 aromatic heterocycles. The molecule has 0 heterocycles. The molecule has 0 saturated heterocycles. The van der Waals surface area contributed by atoms with Crippen LogP contribution in [0.2, 0.25) is 5.02 Å². The van der Waals surface area contributed by atoms with E-state index >= 15 is 0 Å². The zero-order valence-corrected chi connectivity index (χ0v) is 16.6. The van der Waals surface area contributed by atoms with Crippen LogP contribution in [-0.4, -0.2) is 22.8 Å². The highest BCUT2D eigenvalue weighted by Gasteiger charge is 2.33. The summed E-state index contributed by atoms with van der Waals surface area (Å²) >= 11 is 6.89. The molecule has 2 amide bonds. The van der Waals surface area contributed by atoms with E-state index in [9.17, 15) is 22.8 Å². The molecule has 0 radical (unpaired) electrons. The molecule has 1 unspecified atom stereocenters. The third kappa shape index (κ3) is 6.17. The van der Waals surface area contributed by atoms with Crippen LogP contribution in [0, 0.1) is 6.92 Å². The second-order valence-electron chi connectivity index (χ2n) is 5.99. The van der Waals surface area contributed by atoms with Crippen LogP contribution in [0.3, 0.4) is 0 Å². The Bertz CT molecular complexity index is 874. The lowest BCUT2D eigenvalue weighted by Crippen LogP contribution is -2.26. The third-order valence-corrected chi connectivity index (χ3v) is 5.16. The number of halogens is 4. The maximum Gasteiger partial charge on any atom is 0.418 e. The van der Waals surface area contributed by atoms with Gasteiger partial charge in [0, 0.05) is 10.7 Å². The quantitative estimate of drug-likeness (QED) is 0.648. The molecule has 28 heavy (non-hydrogen) atoms. The summed E-state index contributed by atoms with van der Waals surface area (Å²) in [6, 6.07) is 9.77. The molecular formula is C19H18ClF3N2O2S. The van der Waals surface area contributed by atoms with Gasteiger partial charge >= 0.3 is 6.18 Å². The van der Waals surface area contributed by atoms with Crippen LogP contribution in [0.5, 0.6) is 0 Å². The van der Waals surface area contributed by atoms with Gasteiger partial charge in [0.1, 0.15) is 0 Å². The maximum absolute atomic E-state index is 13.0. The number of anilines is 2. The van der Waals surface area contributed by atoms with E-state index in [-0.39, 0.29) is 17.3 Å². The first-order chi connectivity index (χ1) is 13.1. The van der Waals surface area contributed by atoms with Gasteiger partial charge in [-0.2, -0.15) is 13.2 Å². The van der Waals surface area contributed by atoms with Crippen molar-refractivity contribution in [1.29, 1.82) is 0 Å². The molecule has 0 fully saturated rings. The third-order valence-electron chi connectivity index (χ3n) is 3.79. The van der Waals surface area contributed by atoms with Gasteiger partial charge in [0.2, 0.25) is 11.8 Å². The van der Waals surface area contributed by atoms with Crippen molar-refractivity contribution in [2.75, 3.05) is 16.4 Å². The maximum atomic E-state index is 13.0. The average molecular weight is 431 g/mol. The zero-order chi connectivity index (χ0) is 20.9. The van der Waals surface area contributed by atoms with Crippen molar-refractivity contribution in [3.63, 3.8) is 0 Å². The smallest absolute Gasteiger partial charge is 0.325 e. The van der Waals surface area contributed by atoms with Crippen molar-refractivity contribution in [3.05, 3.63) is 58.6 Å². The fraction of sp³-hybridized carbons (Fsp3) is 0.263. The minimum absolute atomic E-state index is 0.0302. The fourth-order valence-electron chi connectivity index (χ4n) is 2.30. The van der Waals surface area contributed by atoms with E-state index in [0.29, 0.717) is 10.7 Å². The van der Waals surface area contributed by atoms with Gasteiger partial charge in [0.15, 0.2) is 0 Å². The summed E-state index contributed by atoms with van der Waals surface area (Å²) in [5.41, 5.74) is 0.164. The number of carbonyl (C=O) groups excluding carboxylic acids is 2. The van der Waals surface area contributed by atoms with Gasteiger partial charge in [-0.15, -0.1) is 11.8 Å². The molecular weight excluding hydrogens is 413 g/mol. The van der Waals surface area contributed by atoms with E-state index < -0.39 is 22.9 Å². The molecule has 2 N–H and O–H groups in total. The van der Waals surface area contributed by atoms with Crippen molar-refractivity contribution in [2.45, 2.75) is 25.3 Å². The highest BCUT2D eigenvalue weighted by Crippen LogP contribution is 2.34. The second-order valence-corrected chi connectivity index (χ2v) is 7.76. The highest BCUT2D eigenvalue weighted by atomic mass is 35.5. The predicted molar refractivity (Wildman–Crippen MR) is 107 cm³/mol. The Morgan fingerprint density at radius 3 is 2.43 bits per heavy atom. The lowest BCUT2D eigenvalue weighted by molar-refractivity contribution is -0.137. The number of rotatable bonds is 6. The van der Waals surface area contributed by atoms with Crippen LogP contribution < -0.4 is 10.6 Å². The van der Waals surface area contributed by atoms with Crippen molar-refractivity contribution in [3.8, 4) is 0 Å². The van der Waals surface area contributed by atoms with Gasteiger partial charge < -0.3 is 10.6 Å². The number of para-hydroxylation sites is 1. The molecule has 1 atom stereocenters. The van der Waals surface area contributed by atoms with Crippen molar-refractivity contribution < 1.29 is 22.8 Å². The molecule has 0 aliphatic carbocycles. The van der Waals surface area contributed by atoms with Gasteiger partial charge in [-0.1, -0.05) is 23.7 Å². The van der Waals surface area contributed by atoms with Gasteiger partial charge in [-0.05, 0) is 49.7 Å². The Hall–Kier alpha value is -2.19. The Morgan fingerprint density at radius 1 is 1.11 bits per heavy atom. The number of nitrogens with one attached hydrogen (secondary N) is 2. The lowest BCUT2D eigenvalue weighted by Gasteiger charge is -2.16. The van der Waals surface area contributed by atoms with Crippen LogP contribution in [0.15, 0.2) is 42.5 Å². The van der Waals surface area contributed by atoms with Crippen LogP contribution in [-0.2, 0) is 15.8 Å². The van der Waals surface area contributed by atoms with Gasteiger partial charge in [-0.3, -0.25) is 9.59 Å². The second kappa shape index (κ2) is 9.34. The first-order valence-corrected chi connectivity index (χ1v) is 9.65. The molecule has 0 aliphatic rings. The summed E-state index contributed by atoms with van der Waals surface area (Å²) in [6.07, 6.45) is -4.57. The minimum Gasteiger partial charge on any atom is -0.325 e. The van der Waals surface area contributed by atoms with Crippen LogP contribution in [0.1, 0.15) is 18.1 Å². The van der Waals surface area contributed by atoms with E-state index in [1.165, 1.54) is 25.1 Å². The number of hydrogen-bond acceptors (Lipinski definition) is 3. The lowest BCUT2D eigenvalue weighted by atomic mass is 10.1. The molecule has 0 saturated carbocycles. The molecule has 0 spiro atoms. The Morgan fingerprint density at radius 2 is 1.79 bits per heavy atom. The normalized spacial score (nSPS) is 12.4. The number of carbonyl (C=O) groups is 2. The van der Waals surface area contributed by atoms with E-state index in [0.717, 1.165) is 23.4 Å². The number of alkyl halides is 3. The van der Waals surface area contributed by atoms with Gasteiger partial charge in [-0.25, -0.2) is 0 Å². The number of amides is 2. The summed E-state index contributed by atoms with van der Waals surface area (Å²) < 4.78 is 39.0. The molecule has 2 aromatic rings. The van der Waals surface area contributed by atoms with E-state index in [2.05, 4.69) is 10.6 Å². The molecule has 2 aromatic carbocycles. The van der Waals surface area contributed by atoms with Crippen LogP contribution >= 0.6 is 23.4 Å². The summed E-state index contributed by atoms with van der Waals surface area (Å²) in [7, 11) is 0. The zero-order valence-electron chi connectivity index (χ0n) is 15.1.